The summed E-state index contributed by atoms with van der Waals surface area (Å²) in [7, 11) is 0. The SMILES string of the molecule is CC1(C)c2ccccc2-c2ccc(-c3ccc4c(c3)oc3c5ccccc5c(-c5ccc(N(c6ccccc6)c6ccc(-c7ccccc7)cc6)cc5)cc43)cc21. The Hall–Kier alpha value is -7.16. The summed E-state index contributed by atoms with van der Waals surface area (Å²) in [5, 5.41) is 4.55. The van der Waals surface area contributed by atoms with E-state index in [1.54, 1.807) is 0 Å². The molecule has 0 amide bonds. The second-order valence-corrected chi connectivity index (χ2v) is 15.7. The number of furan rings is 1. The minimum absolute atomic E-state index is 0.0487. The number of rotatable bonds is 6. The molecule has 9 aromatic carbocycles. The van der Waals surface area contributed by atoms with Crippen molar-refractivity contribution in [2.75, 3.05) is 4.90 Å². The van der Waals surface area contributed by atoms with E-state index in [1.807, 2.05) is 0 Å². The average Bonchev–Trinajstić information content (AvgIpc) is 3.76. The Balaban J connectivity index is 0.979. The highest BCUT2D eigenvalue weighted by Gasteiger charge is 2.35. The van der Waals surface area contributed by atoms with Gasteiger partial charge in [0.1, 0.15) is 11.2 Å². The standard InChI is InChI=1S/C55H39NO/c1-55(2)51-20-12-11-18-45(51)46-31-25-39(33-52(46)55)40-26-32-47-50-35-49(44-17-9-10-19-48(44)54(50)57-53(47)34-40)38-23-29-43(30-24-38)56(41-15-7-4-8-16-41)42-27-21-37(22-28-42)36-13-5-3-6-14-36/h3-35H,1-2H3. The van der Waals surface area contributed by atoms with Crippen molar-refractivity contribution in [3.05, 3.63) is 211 Å². The predicted octanol–water partition coefficient (Wildman–Crippen LogP) is 15.5. The highest BCUT2D eigenvalue weighted by molar-refractivity contribution is 6.19. The van der Waals surface area contributed by atoms with Gasteiger partial charge in [-0.3, -0.25) is 0 Å². The van der Waals surface area contributed by atoms with Gasteiger partial charge in [-0.1, -0.05) is 153 Å². The van der Waals surface area contributed by atoms with Crippen molar-refractivity contribution < 1.29 is 4.42 Å². The molecule has 0 spiro atoms. The van der Waals surface area contributed by atoms with Crippen LogP contribution in [0.15, 0.2) is 205 Å². The Bertz CT molecular complexity index is 3120. The van der Waals surface area contributed by atoms with Crippen molar-refractivity contribution in [1.29, 1.82) is 0 Å². The number of hydrogen-bond acceptors (Lipinski definition) is 2. The van der Waals surface area contributed by atoms with Crippen LogP contribution in [0.2, 0.25) is 0 Å². The van der Waals surface area contributed by atoms with E-state index in [4.69, 9.17) is 4.42 Å². The van der Waals surface area contributed by atoms with E-state index in [9.17, 15) is 0 Å². The molecule has 0 saturated heterocycles. The highest BCUT2D eigenvalue weighted by atomic mass is 16.3. The molecule has 1 aliphatic carbocycles. The summed E-state index contributed by atoms with van der Waals surface area (Å²) in [6.45, 7) is 4.67. The Morgan fingerprint density at radius 3 is 1.65 bits per heavy atom. The molecule has 2 nitrogen and oxygen atoms in total. The third-order valence-electron chi connectivity index (χ3n) is 12.1. The largest absolute Gasteiger partial charge is 0.455 e. The van der Waals surface area contributed by atoms with Gasteiger partial charge in [0.25, 0.3) is 0 Å². The zero-order chi connectivity index (χ0) is 38.1. The van der Waals surface area contributed by atoms with Crippen LogP contribution in [0, 0.1) is 0 Å². The second-order valence-electron chi connectivity index (χ2n) is 15.7. The van der Waals surface area contributed by atoms with Crippen molar-refractivity contribution in [1.82, 2.24) is 0 Å². The van der Waals surface area contributed by atoms with Crippen LogP contribution < -0.4 is 4.90 Å². The maximum atomic E-state index is 6.78. The monoisotopic (exact) mass is 729 g/mol. The van der Waals surface area contributed by atoms with Crippen LogP contribution in [0.5, 0.6) is 0 Å². The molecule has 1 aliphatic rings. The molecule has 0 aliphatic heterocycles. The number of anilines is 3. The first-order chi connectivity index (χ1) is 28.0. The van der Waals surface area contributed by atoms with Gasteiger partial charge in [0.15, 0.2) is 0 Å². The van der Waals surface area contributed by atoms with Gasteiger partial charge >= 0.3 is 0 Å². The number of nitrogens with zero attached hydrogens (tertiary/aromatic N) is 1. The van der Waals surface area contributed by atoms with Gasteiger partial charge in [-0.05, 0) is 122 Å². The smallest absolute Gasteiger partial charge is 0.143 e. The molecule has 270 valence electrons. The summed E-state index contributed by atoms with van der Waals surface area (Å²) in [5.41, 5.74) is 17.7. The Morgan fingerprint density at radius 2 is 0.895 bits per heavy atom. The predicted molar refractivity (Wildman–Crippen MR) is 240 cm³/mol. The third-order valence-corrected chi connectivity index (χ3v) is 12.1. The van der Waals surface area contributed by atoms with Crippen molar-refractivity contribution in [3.63, 3.8) is 0 Å². The first kappa shape index (κ1) is 33.2. The van der Waals surface area contributed by atoms with Gasteiger partial charge in [-0.2, -0.15) is 0 Å². The zero-order valence-corrected chi connectivity index (χ0v) is 31.9. The average molecular weight is 730 g/mol. The number of hydrogen-bond donors (Lipinski definition) is 0. The lowest BCUT2D eigenvalue weighted by Crippen LogP contribution is -2.14. The van der Waals surface area contributed by atoms with Gasteiger partial charge in [0.2, 0.25) is 0 Å². The first-order valence-electron chi connectivity index (χ1n) is 19.8. The summed E-state index contributed by atoms with van der Waals surface area (Å²) in [4.78, 5) is 2.32. The Morgan fingerprint density at radius 1 is 0.351 bits per heavy atom. The lowest BCUT2D eigenvalue weighted by molar-refractivity contribution is 0.660. The van der Waals surface area contributed by atoms with Crippen LogP contribution in [-0.4, -0.2) is 0 Å². The van der Waals surface area contributed by atoms with Crippen LogP contribution in [0.25, 0.3) is 77.2 Å². The van der Waals surface area contributed by atoms with E-state index in [-0.39, 0.29) is 5.41 Å². The van der Waals surface area contributed by atoms with E-state index in [0.29, 0.717) is 0 Å². The quantitative estimate of drug-likeness (QED) is 0.169. The fraction of sp³-hybridized carbons (Fsp3) is 0.0545. The van der Waals surface area contributed by atoms with E-state index in [1.165, 1.54) is 49.9 Å². The second kappa shape index (κ2) is 13.0. The van der Waals surface area contributed by atoms with Crippen molar-refractivity contribution in [3.8, 4) is 44.5 Å². The summed E-state index contributed by atoms with van der Waals surface area (Å²) in [5.74, 6) is 0. The van der Waals surface area contributed by atoms with Crippen LogP contribution in [0.3, 0.4) is 0 Å². The molecule has 0 saturated carbocycles. The molecule has 10 aromatic rings. The summed E-state index contributed by atoms with van der Waals surface area (Å²) < 4.78 is 6.78. The molecule has 11 rings (SSSR count). The van der Waals surface area contributed by atoms with Crippen LogP contribution in [-0.2, 0) is 5.41 Å². The molecule has 0 bridgehead atoms. The summed E-state index contributed by atoms with van der Waals surface area (Å²) in [6, 6.07) is 72.4. The molecule has 0 unspecified atom stereocenters. The maximum Gasteiger partial charge on any atom is 0.143 e. The maximum absolute atomic E-state index is 6.78. The summed E-state index contributed by atoms with van der Waals surface area (Å²) in [6.07, 6.45) is 0. The van der Waals surface area contributed by atoms with E-state index in [0.717, 1.165) is 55.5 Å². The van der Waals surface area contributed by atoms with Gasteiger partial charge in [0, 0.05) is 38.6 Å². The molecular weight excluding hydrogens is 691 g/mol. The van der Waals surface area contributed by atoms with E-state index >= 15 is 0 Å². The fourth-order valence-corrected chi connectivity index (χ4v) is 9.15. The molecule has 57 heavy (non-hydrogen) atoms. The Labute approximate surface area is 332 Å². The van der Waals surface area contributed by atoms with Crippen LogP contribution >= 0.6 is 0 Å². The molecule has 0 atom stereocenters. The number of fused-ring (bicyclic) bond motifs is 8. The molecular formula is C55H39NO. The van der Waals surface area contributed by atoms with Gasteiger partial charge in [-0.15, -0.1) is 0 Å². The Kier molecular flexibility index (Phi) is 7.55. The molecule has 2 heteroatoms. The molecule has 1 aromatic heterocycles. The van der Waals surface area contributed by atoms with Crippen molar-refractivity contribution in [2.45, 2.75) is 19.3 Å². The zero-order valence-electron chi connectivity index (χ0n) is 31.9. The first-order valence-corrected chi connectivity index (χ1v) is 19.8. The molecule has 0 fully saturated rings. The molecule has 1 heterocycles. The van der Waals surface area contributed by atoms with Gasteiger partial charge in [0.05, 0.1) is 0 Å². The van der Waals surface area contributed by atoms with E-state index in [2.05, 4.69) is 219 Å². The minimum Gasteiger partial charge on any atom is -0.455 e. The minimum atomic E-state index is -0.0487. The van der Waals surface area contributed by atoms with E-state index < -0.39 is 0 Å². The normalized spacial score (nSPS) is 12.9. The van der Waals surface area contributed by atoms with Crippen LogP contribution in [0.4, 0.5) is 17.1 Å². The fourth-order valence-electron chi connectivity index (χ4n) is 9.15. The lowest BCUT2D eigenvalue weighted by atomic mass is 9.81. The van der Waals surface area contributed by atoms with Gasteiger partial charge < -0.3 is 9.32 Å². The number of para-hydroxylation sites is 1. The molecule has 0 N–H and O–H groups in total. The lowest BCUT2D eigenvalue weighted by Gasteiger charge is -2.26. The van der Waals surface area contributed by atoms with Crippen LogP contribution in [0.1, 0.15) is 25.0 Å². The summed E-state index contributed by atoms with van der Waals surface area (Å²) >= 11 is 0. The van der Waals surface area contributed by atoms with Gasteiger partial charge in [-0.25, -0.2) is 0 Å². The number of benzene rings is 9. The molecule has 0 radical (unpaired) electrons. The van der Waals surface area contributed by atoms with Crippen molar-refractivity contribution in [2.24, 2.45) is 0 Å². The third kappa shape index (κ3) is 5.40. The highest BCUT2D eigenvalue weighted by Crippen LogP contribution is 2.50. The van der Waals surface area contributed by atoms with Crippen molar-refractivity contribution >= 4 is 49.8 Å². The topological polar surface area (TPSA) is 16.4 Å².